The second kappa shape index (κ2) is 7.88. The largest absolute Gasteiger partial charge is 0.435 e. The van der Waals surface area contributed by atoms with Crippen LogP contribution in [-0.2, 0) is 18.5 Å². The zero-order valence-corrected chi connectivity index (χ0v) is 15.4. The van der Waals surface area contributed by atoms with Gasteiger partial charge in [0.15, 0.2) is 5.69 Å². The molecule has 170 valence electrons. The fourth-order valence-corrected chi connectivity index (χ4v) is 2.62. The molecule has 3 aromatic rings. The Morgan fingerprint density at radius 2 is 1.31 bits per heavy atom. The van der Waals surface area contributed by atoms with Crippen molar-refractivity contribution in [2.24, 2.45) is 0 Å². The molecule has 0 bridgehead atoms. The molecule has 0 spiro atoms. The van der Waals surface area contributed by atoms with Crippen LogP contribution in [0.1, 0.15) is 27.3 Å². The van der Waals surface area contributed by atoms with Gasteiger partial charge in [-0.25, -0.2) is 4.68 Å². The molecule has 0 radical (unpaired) electrons. The molecule has 1 N–H and O–H groups in total. The Bertz CT molecular complexity index is 1110. The molecular formula is C19H10F9N3O. The number of hydrogen-bond donors (Lipinski definition) is 1. The number of hydrogen-bond acceptors (Lipinski definition) is 2. The van der Waals surface area contributed by atoms with Gasteiger partial charge >= 0.3 is 18.5 Å². The number of alkyl halides is 9. The van der Waals surface area contributed by atoms with Crippen molar-refractivity contribution in [1.29, 1.82) is 0 Å². The summed E-state index contributed by atoms with van der Waals surface area (Å²) in [5, 5.41) is 5.29. The summed E-state index contributed by atoms with van der Waals surface area (Å²) in [7, 11) is 0. The van der Waals surface area contributed by atoms with E-state index >= 15 is 0 Å². The molecule has 1 heterocycles. The first-order valence-corrected chi connectivity index (χ1v) is 8.50. The van der Waals surface area contributed by atoms with Crippen LogP contribution in [0.4, 0.5) is 45.2 Å². The third-order valence-electron chi connectivity index (χ3n) is 4.13. The molecule has 0 saturated heterocycles. The molecule has 0 fully saturated rings. The van der Waals surface area contributed by atoms with E-state index in [1.54, 1.807) is 0 Å². The molecule has 0 aliphatic carbocycles. The highest BCUT2D eigenvalue weighted by atomic mass is 19.4. The Kier molecular flexibility index (Phi) is 5.70. The molecule has 13 heteroatoms. The summed E-state index contributed by atoms with van der Waals surface area (Å²) < 4.78 is 116. The van der Waals surface area contributed by atoms with Crippen LogP contribution < -0.4 is 5.32 Å². The number of amides is 1. The normalized spacial score (nSPS) is 12.7. The fourth-order valence-electron chi connectivity index (χ4n) is 2.62. The minimum atomic E-state index is -5.12. The number of nitrogens with one attached hydrogen (secondary N) is 1. The topological polar surface area (TPSA) is 46.9 Å². The Morgan fingerprint density at radius 3 is 1.78 bits per heavy atom. The summed E-state index contributed by atoms with van der Waals surface area (Å²) in [4.78, 5) is 12.1. The van der Waals surface area contributed by atoms with Crippen molar-refractivity contribution < 1.29 is 44.3 Å². The van der Waals surface area contributed by atoms with Crippen LogP contribution in [0, 0.1) is 0 Å². The number of nitrogens with zero attached hydrogens (tertiary/aromatic N) is 2. The van der Waals surface area contributed by atoms with Gasteiger partial charge in [0.2, 0.25) is 0 Å². The van der Waals surface area contributed by atoms with Crippen molar-refractivity contribution in [2.45, 2.75) is 18.5 Å². The van der Waals surface area contributed by atoms with Crippen LogP contribution >= 0.6 is 0 Å². The molecule has 0 saturated carbocycles. The average Bonchev–Trinajstić information content (AvgIpc) is 3.14. The molecule has 1 aromatic heterocycles. The maximum Gasteiger partial charge on any atom is 0.435 e. The summed E-state index contributed by atoms with van der Waals surface area (Å²) in [6, 6.07) is 7.34. The summed E-state index contributed by atoms with van der Waals surface area (Å²) in [6.07, 6.45) is -14.8. The van der Waals surface area contributed by atoms with Gasteiger partial charge in [-0.05, 0) is 48.5 Å². The minimum Gasteiger partial charge on any atom is -0.322 e. The van der Waals surface area contributed by atoms with E-state index in [1.165, 1.54) is 0 Å². The highest BCUT2D eigenvalue weighted by Gasteiger charge is 2.42. The van der Waals surface area contributed by atoms with Gasteiger partial charge in [-0.3, -0.25) is 4.79 Å². The van der Waals surface area contributed by atoms with Crippen molar-refractivity contribution in [3.8, 4) is 5.69 Å². The summed E-state index contributed by atoms with van der Waals surface area (Å²) in [5.41, 5.74) is -4.79. The van der Waals surface area contributed by atoms with E-state index < -0.39 is 41.4 Å². The van der Waals surface area contributed by atoms with Gasteiger partial charge in [-0.1, -0.05) is 0 Å². The van der Waals surface area contributed by atoms with Gasteiger partial charge in [0.1, 0.15) is 5.69 Å². The van der Waals surface area contributed by atoms with Crippen LogP contribution in [0.2, 0.25) is 0 Å². The zero-order chi connectivity index (χ0) is 23.9. The molecule has 0 aliphatic rings. The van der Waals surface area contributed by atoms with E-state index in [0.717, 1.165) is 36.4 Å². The van der Waals surface area contributed by atoms with Gasteiger partial charge in [0, 0.05) is 17.3 Å². The zero-order valence-electron chi connectivity index (χ0n) is 15.4. The third kappa shape index (κ3) is 5.03. The lowest BCUT2D eigenvalue weighted by atomic mass is 10.1. The number of rotatable bonds is 3. The predicted molar refractivity (Wildman–Crippen MR) is 93.0 cm³/mol. The van der Waals surface area contributed by atoms with Gasteiger partial charge in [0.05, 0.1) is 11.3 Å². The Morgan fingerprint density at radius 1 is 0.750 bits per heavy atom. The van der Waals surface area contributed by atoms with Crippen molar-refractivity contribution in [3.63, 3.8) is 0 Å². The first-order chi connectivity index (χ1) is 14.7. The maximum atomic E-state index is 13.1. The van der Waals surface area contributed by atoms with E-state index in [-0.39, 0.29) is 27.7 Å². The monoisotopic (exact) mass is 467 g/mol. The lowest BCUT2D eigenvalue weighted by molar-refractivity contribution is -0.143. The molecule has 1 amide bonds. The van der Waals surface area contributed by atoms with E-state index in [0.29, 0.717) is 12.1 Å². The summed E-state index contributed by atoms with van der Waals surface area (Å²) in [6.45, 7) is 0. The SMILES string of the molecule is O=C(Nc1ccc(-n2nc(C(F)(F)F)cc2C(F)(F)F)cc1)c1ccc(C(F)(F)F)cc1. The number of carbonyl (C=O) groups excluding carboxylic acids is 1. The average molecular weight is 467 g/mol. The van der Waals surface area contributed by atoms with Crippen LogP contribution in [0.25, 0.3) is 5.69 Å². The van der Waals surface area contributed by atoms with Crippen molar-refractivity contribution in [3.05, 3.63) is 77.1 Å². The quantitative estimate of drug-likeness (QED) is 0.468. The molecule has 32 heavy (non-hydrogen) atoms. The number of anilines is 1. The Labute approximate surface area is 173 Å². The van der Waals surface area contributed by atoms with Crippen LogP contribution in [-0.4, -0.2) is 15.7 Å². The highest BCUT2D eigenvalue weighted by Crippen LogP contribution is 2.36. The van der Waals surface area contributed by atoms with Gasteiger partial charge in [-0.15, -0.1) is 0 Å². The maximum absolute atomic E-state index is 13.1. The smallest absolute Gasteiger partial charge is 0.322 e. The molecule has 0 atom stereocenters. The summed E-state index contributed by atoms with van der Waals surface area (Å²) in [5.74, 6) is -0.805. The van der Waals surface area contributed by atoms with Gasteiger partial charge in [0.25, 0.3) is 5.91 Å². The molecule has 0 unspecified atom stereocenters. The second-order valence-corrected chi connectivity index (χ2v) is 6.40. The van der Waals surface area contributed by atoms with E-state index in [4.69, 9.17) is 0 Å². The first kappa shape index (κ1) is 23.2. The Hall–Kier alpha value is -3.51. The number of benzene rings is 2. The highest BCUT2D eigenvalue weighted by molar-refractivity contribution is 6.04. The second-order valence-electron chi connectivity index (χ2n) is 6.40. The molecule has 4 nitrogen and oxygen atoms in total. The van der Waals surface area contributed by atoms with E-state index in [2.05, 4.69) is 10.4 Å². The molecule has 3 rings (SSSR count). The molecule has 2 aromatic carbocycles. The van der Waals surface area contributed by atoms with Crippen LogP contribution in [0.5, 0.6) is 0 Å². The minimum absolute atomic E-state index is 0.0374. The third-order valence-corrected chi connectivity index (χ3v) is 4.13. The first-order valence-electron chi connectivity index (χ1n) is 8.50. The molecule has 0 aliphatic heterocycles. The number of aromatic nitrogens is 2. The van der Waals surface area contributed by atoms with Crippen molar-refractivity contribution in [2.75, 3.05) is 5.32 Å². The van der Waals surface area contributed by atoms with E-state index in [9.17, 15) is 44.3 Å². The lowest BCUT2D eigenvalue weighted by Crippen LogP contribution is -2.14. The van der Waals surface area contributed by atoms with E-state index in [1.807, 2.05) is 0 Å². The number of halogens is 9. The summed E-state index contributed by atoms with van der Waals surface area (Å²) >= 11 is 0. The van der Waals surface area contributed by atoms with Crippen LogP contribution in [0.3, 0.4) is 0 Å². The molecular weight excluding hydrogens is 457 g/mol. The van der Waals surface area contributed by atoms with Gasteiger partial charge in [-0.2, -0.15) is 44.6 Å². The van der Waals surface area contributed by atoms with Gasteiger partial charge < -0.3 is 5.32 Å². The van der Waals surface area contributed by atoms with Crippen LogP contribution in [0.15, 0.2) is 54.6 Å². The predicted octanol–water partition coefficient (Wildman–Crippen LogP) is 6.18. The fraction of sp³-hybridized carbons (Fsp3) is 0.158. The van der Waals surface area contributed by atoms with Crippen molar-refractivity contribution >= 4 is 11.6 Å². The lowest BCUT2D eigenvalue weighted by Gasteiger charge is -2.11. The standard InChI is InChI=1S/C19H10F9N3O/c20-17(21,22)11-3-1-10(2-4-11)16(32)29-12-5-7-13(8-6-12)31-15(19(26,27)28)9-14(30-31)18(23,24)25/h1-9H,(H,29,32). The van der Waals surface area contributed by atoms with Crippen molar-refractivity contribution in [1.82, 2.24) is 9.78 Å². The Balaban J connectivity index is 1.83. The number of carbonyl (C=O) groups is 1.